The highest BCUT2D eigenvalue weighted by Crippen LogP contribution is 2.35. The van der Waals surface area contributed by atoms with Gasteiger partial charge >= 0.3 is 0 Å². The van der Waals surface area contributed by atoms with Gasteiger partial charge in [-0.2, -0.15) is 0 Å². The molecule has 0 saturated carbocycles. The number of fused-ring (bicyclic) bond motifs is 1. The molecule has 0 bridgehead atoms. The fourth-order valence-electron chi connectivity index (χ4n) is 3.84. The Morgan fingerprint density at radius 3 is 2.56 bits per heavy atom. The first kappa shape index (κ1) is 21.8. The number of H-pyrrole nitrogens is 1. The second-order valence-electron chi connectivity index (χ2n) is 7.36. The molecule has 1 aliphatic rings. The van der Waals surface area contributed by atoms with Crippen molar-refractivity contribution >= 4 is 33.9 Å². The molecular formula is C26H22BrNO4. The molecule has 4 rings (SSSR count). The standard InChI is InChI=1S/C26H22BrNO4/c1-31-19-11-8-16(23(15-19)32-2)9-13-22(29)25-24(17-6-4-3-5-7-17)20-14-18(27)10-12-21(20)28-26(25)30/h3-9,11,13-15H,10,12H2,1-2H3,(H,28,30). The van der Waals surface area contributed by atoms with Gasteiger partial charge in [0.15, 0.2) is 5.78 Å². The highest BCUT2D eigenvalue weighted by Gasteiger charge is 2.23. The molecule has 32 heavy (non-hydrogen) atoms. The molecule has 3 aromatic rings. The Kier molecular flexibility index (Phi) is 6.42. The van der Waals surface area contributed by atoms with Gasteiger partial charge < -0.3 is 14.5 Å². The van der Waals surface area contributed by atoms with Crippen LogP contribution in [0.5, 0.6) is 11.5 Å². The van der Waals surface area contributed by atoms with Crippen LogP contribution >= 0.6 is 15.9 Å². The van der Waals surface area contributed by atoms with Crippen molar-refractivity contribution in [2.75, 3.05) is 14.2 Å². The number of pyridine rings is 1. The molecule has 0 atom stereocenters. The number of rotatable bonds is 6. The summed E-state index contributed by atoms with van der Waals surface area (Å²) in [7, 11) is 3.13. The van der Waals surface area contributed by atoms with Crippen LogP contribution in [0.1, 0.15) is 33.6 Å². The minimum absolute atomic E-state index is 0.122. The Hall–Kier alpha value is -3.38. The number of nitrogens with one attached hydrogen (secondary N) is 1. The van der Waals surface area contributed by atoms with Gasteiger partial charge in [-0.1, -0.05) is 46.3 Å². The van der Waals surface area contributed by atoms with Crippen LogP contribution in [0.15, 0.2) is 63.9 Å². The van der Waals surface area contributed by atoms with Crippen LogP contribution in [-0.4, -0.2) is 25.0 Å². The lowest BCUT2D eigenvalue weighted by Crippen LogP contribution is -2.22. The smallest absolute Gasteiger partial charge is 0.260 e. The summed E-state index contributed by atoms with van der Waals surface area (Å²) >= 11 is 3.58. The number of aromatic amines is 1. The van der Waals surface area contributed by atoms with Crippen molar-refractivity contribution in [1.82, 2.24) is 4.98 Å². The number of ether oxygens (including phenoxy) is 2. The molecule has 0 saturated heterocycles. The van der Waals surface area contributed by atoms with Crippen LogP contribution < -0.4 is 15.0 Å². The lowest BCUT2D eigenvalue weighted by atomic mass is 9.89. The third kappa shape index (κ3) is 4.32. The molecule has 0 aliphatic heterocycles. The Balaban J connectivity index is 1.84. The van der Waals surface area contributed by atoms with Crippen molar-refractivity contribution in [1.29, 1.82) is 0 Å². The van der Waals surface area contributed by atoms with E-state index in [1.165, 1.54) is 6.08 Å². The SMILES string of the molecule is COc1ccc(C=CC(=O)c2c(-c3ccccc3)c3c([nH]c2=O)CCC(Br)=C3)c(OC)c1. The van der Waals surface area contributed by atoms with E-state index >= 15 is 0 Å². The summed E-state index contributed by atoms with van der Waals surface area (Å²) in [6, 6.07) is 14.9. The summed E-state index contributed by atoms with van der Waals surface area (Å²) in [6.45, 7) is 0. The molecule has 0 fully saturated rings. The van der Waals surface area contributed by atoms with Crippen LogP contribution in [-0.2, 0) is 6.42 Å². The van der Waals surface area contributed by atoms with E-state index in [1.807, 2.05) is 36.4 Å². The van der Waals surface area contributed by atoms with Gasteiger partial charge in [-0.05, 0) is 53.2 Å². The summed E-state index contributed by atoms with van der Waals surface area (Å²) in [5.41, 5.74) is 3.63. The van der Waals surface area contributed by atoms with Gasteiger partial charge in [-0.25, -0.2) is 0 Å². The number of halogens is 1. The number of allylic oxidation sites excluding steroid dienone is 2. The molecule has 1 aromatic heterocycles. The molecule has 0 spiro atoms. The monoisotopic (exact) mass is 491 g/mol. The zero-order chi connectivity index (χ0) is 22.7. The van der Waals surface area contributed by atoms with Gasteiger partial charge in [0.2, 0.25) is 0 Å². The molecule has 1 aliphatic carbocycles. The Morgan fingerprint density at radius 1 is 1.06 bits per heavy atom. The maximum Gasteiger partial charge on any atom is 0.260 e. The molecule has 0 radical (unpaired) electrons. The number of hydrogen-bond acceptors (Lipinski definition) is 4. The lowest BCUT2D eigenvalue weighted by Gasteiger charge is -2.19. The van der Waals surface area contributed by atoms with Gasteiger partial charge in [-0.3, -0.25) is 9.59 Å². The van der Waals surface area contributed by atoms with E-state index in [4.69, 9.17) is 9.47 Å². The van der Waals surface area contributed by atoms with E-state index < -0.39 is 0 Å². The number of carbonyl (C=O) groups excluding carboxylic acids is 1. The second-order valence-corrected chi connectivity index (χ2v) is 8.38. The second kappa shape index (κ2) is 9.40. The number of carbonyl (C=O) groups is 1. The van der Waals surface area contributed by atoms with Crippen LogP contribution in [0.25, 0.3) is 23.3 Å². The van der Waals surface area contributed by atoms with Gasteiger partial charge in [-0.15, -0.1) is 0 Å². The molecule has 162 valence electrons. The van der Waals surface area contributed by atoms with Crippen molar-refractivity contribution in [3.8, 4) is 22.6 Å². The average molecular weight is 492 g/mol. The molecular weight excluding hydrogens is 470 g/mol. The van der Waals surface area contributed by atoms with Crippen LogP contribution in [0.4, 0.5) is 0 Å². The Labute approximate surface area is 194 Å². The predicted molar refractivity (Wildman–Crippen MR) is 131 cm³/mol. The first-order valence-electron chi connectivity index (χ1n) is 10.2. The molecule has 6 heteroatoms. The minimum atomic E-state index is -0.384. The molecule has 1 N–H and O–H groups in total. The van der Waals surface area contributed by atoms with Crippen molar-refractivity contribution in [3.63, 3.8) is 0 Å². The van der Waals surface area contributed by atoms with Gasteiger partial charge in [0.1, 0.15) is 11.5 Å². The van der Waals surface area contributed by atoms with Crippen LogP contribution in [0, 0.1) is 0 Å². The van der Waals surface area contributed by atoms with Gasteiger partial charge in [0.25, 0.3) is 5.56 Å². The fourth-order valence-corrected chi connectivity index (χ4v) is 4.27. The van der Waals surface area contributed by atoms with E-state index in [2.05, 4.69) is 20.9 Å². The van der Waals surface area contributed by atoms with E-state index in [9.17, 15) is 9.59 Å². The normalized spacial score (nSPS) is 12.9. The van der Waals surface area contributed by atoms with Crippen molar-refractivity contribution < 1.29 is 14.3 Å². The van der Waals surface area contributed by atoms with E-state index in [0.717, 1.165) is 27.7 Å². The first-order valence-corrected chi connectivity index (χ1v) is 11.0. The number of aromatic nitrogens is 1. The maximum atomic E-state index is 13.3. The molecule has 2 aromatic carbocycles. The number of methoxy groups -OCH3 is 2. The van der Waals surface area contributed by atoms with E-state index in [0.29, 0.717) is 29.0 Å². The molecule has 5 nitrogen and oxygen atoms in total. The Morgan fingerprint density at radius 2 is 1.84 bits per heavy atom. The highest BCUT2D eigenvalue weighted by molar-refractivity contribution is 9.11. The molecule has 1 heterocycles. The Bertz CT molecular complexity index is 1290. The third-order valence-corrected chi connectivity index (χ3v) is 6.04. The minimum Gasteiger partial charge on any atom is -0.497 e. The zero-order valence-electron chi connectivity index (χ0n) is 17.8. The van der Waals surface area contributed by atoms with Gasteiger partial charge in [0, 0.05) is 28.5 Å². The third-order valence-electron chi connectivity index (χ3n) is 5.41. The summed E-state index contributed by atoms with van der Waals surface area (Å²) in [6.07, 6.45) is 6.57. The lowest BCUT2D eigenvalue weighted by molar-refractivity contribution is 0.104. The molecule has 0 unspecified atom stereocenters. The highest BCUT2D eigenvalue weighted by atomic mass is 79.9. The number of aryl methyl sites for hydroxylation is 1. The summed E-state index contributed by atoms with van der Waals surface area (Å²) in [4.78, 5) is 29.3. The summed E-state index contributed by atoms with van der Waals surface area (Å²) in [5, 5.41) is 0. The van der Waals surface area contributed by atoms with E-state index in [1.54, 1.807) is 38.5 Å². The number of benzene rings is 2. The summed E-state index contributed by atoms with van der Waals surface area (Å²) in [5.74, 6) is 0.851. The zero-order valence-corrected chi connectivity index (χ0v) is 19.4. The van der Waals surface area contributed by atoms with Crippen LogP contribution in [0.3, 0.4) is 0 Å². The average Bonchev–Trinajstić information content (AvgIpc) is 2.82. The van der Waals surface area contributed by atoms with Crippen LogP contribution in [0.2, 0.25) is 0 Å². The van der Waals surface area contributed by atoms with Gasteiger partial charge in [0.05, 0.1) is 19.8 Å². The number of ketones is 1. The quantitative estimate of drug-likeness (QED) is 0.358. The van der Waals surface area contributed by atoms with Crippen molar-refractivity contribution in [3.05, 3.63) is 91.8 Å². The van der Waals surface area contributed by atoms with Crippen molar-refractivity contribution in [2.24, 2.45) is 0 Å². The first-order chi connectivity index (χ1) is 15.5. The maximum absolute atomic E-state index is 13.3. The molecule has 0 amide bonds. The van der Waals surface area contributed by atoms with Crippen molar-refractivity contribution in [2.45, 2.75) is 12.8 Å². The predicted octanol–water partition coefficient (Wildman–Crippen LogP) is 5.64. The summed E-state index contributed by atoms with van der Waals surface area (Å²) < 4.78 is 11.7. The van der Waals surface area contributed by atoms with E-state index in [-0.39, 0.29) is 16.9 Å². The number of hydrogen-bond donors (Lipinski definition) is 1. The fraction of sp³-hybridized carbons (Fsp3) is 0.154. The topological polar surface area (TPSA) is 68.4 Å². The largest absolute Gasteiger partial charge is 0.497 e.